The molecule has 1 aromatic rings. The van der Waals surface area contributed by atoms with Crippen molar-refractivity contribution in [2.75, 3.05) is 6.54 Å². The summed E-state index contributed by atoms with van der Waals surface area (Å²) in [6, 6.07) is 2.90. The predicted molar refractivity (Wildman–Crippen MR) is 85.0 cm³/mol. The number of rotatable bonds is 7. The Morgan fingerprint density at radius 1 is 1.39 bits per heavy atom. The number of aliphatic carboxylic acids is 1. The highest BCUT2D eigenvalue weighted by molar-refractivity contribution is 5.93. The van der Waals surface area contributed by atoms with Crippen molar-refractivity contribution in [3.63, 3.8) is 0 Å². The van der Waals surface area contributed by atoms with E-state index in [2.05, 4.69) is 5.32 Å². The molecule has 0 aliphatic carbocycles. The number of carbonyl (C=O) groups excluding carboxylic acids is 2. The Balaban J connectivity index is 0.000000468. The number of carboxylic acid groups (broad SMARTS) is 1. The predicted octanol–water partition coefficient (Wildman–Crippen LogP) is 0.339. The molecule has 1 heterocycles. The molecule has 0 radical (unpaired) electrons. The van der Waals surface area contributed by atoms with Gasteiger partial charge in [0.05, 0.1) is 12.3 Å². The second-order valence-electron chi connectivity index (χ2n) is 5.10. The van der Waals surface area contributed by atoms with Gasteiger partial charge >= 0.3 is 5.97 Å². The van der Waals surface area contributed by atoms with Crippen LogP contribution >= 0.6 is 0 Å². The lowest BCUT2D eigenvalue weighted by molar-refractivity contribution is -0.137. The zero-order valence-electron chi connectivity index (χ0n) is 13.2. The van der Waals surface area contributed by atoms with Crippen molar-refractivity contribution in [3.8, 4) is 0 Å². The number of carbonyl (C=O) groups is 3. The van der Waals surface area contributed by atoms with Gasteiger partial charge in [0.25, 0.3) is 0 Å². The minimum Gasteiger partial charge on any atom is -0.480 e. The highest BCUT2D eigenvalue weighted by atomic mass is 16.4. The SMILES string of the molecule is CC(C)CC(N)C(N)=O.O=C(O)CNC(=O)C=Cc1ccco1. The molecule has 0 aliphatic heterocycles. The molecule has 0 aromatic carbocycles. The van der Waals surface area contributed by atoms with Crippen LogP contribution in [-0.4, -0.2) is 35.5 Å². The average molecular weight is 325 g/mol. The zero-order valence-corrected chi connectivity index (χ0v) is 13.2. The molecule has 1 atom stereocenters. The Bertz CT molecular complexity index is 523. The van der Waals surface area contributed by atoms with Crippen LogP contribution in [0.2, 0.25) is 0 Å². The maximum atomic E-state index is 10.9. The molecule has 1 rings (SSSR count). The molecule has 23 heavy (non-hydrogen) atoms. The van der Waals surface area contributed by atoms with Gasteiger partial charge in [-0.3, -0.25) is 14.4 Å². The summed E-state index contributed by atoms with van der Waals surface area (Å²) >= 11 is 0. The molecule has 0 saturated heterocycles. The highest BCUT2D eigenvalue weighted by Gasteiger charge is 2.09. The van der Waals surface area contributed by atoms with Crippen molar-refractivity contribution < 1.29 is 23.9 Å². The lowest BCUT2D eigenvalue weighted by Gasteiger charge is -2.08. The van der Waals surface area contributed by atoms with E-state index in [1.165, 1.54) is 18.4 Å². The van der Waals surface area contributed by atoms with Crippen LogP contribution in [-0.2, 0) is 14.4 Å². The number of amides is 2. The molecule has 0 fully saturated rings. The van der Waals surface area contributed by atoms with Crippen LogP contribution < -0.4 is 16.8 Å². The third kappa shape index (κ3) is 11.7. The van der Waals surface area contributed by atoms with E-state index in [4.69, 9.17) is 21.0 Å². The number of carboxylic acids is 1. The maximum absolute atomic E-state index is 10.9. The molecule has 8 heteroatoms. The van der Waals surface area contributed by atoms with E-state index in [-0.39, 0.29) is 6.54 Å². The van der Waals surface area contributed by atoms with Gasteiger partial charge in [-0.25, -0.2) is 0 Å². The third-order valence-electron chi connectivity index (χ3n) is 2.45. The summed E-state index contributed by atoms with van der Waals surface area (Å²) in [5, 5.41) is 10.4. The summed E-state index contributed by atoms with van der Waals surface area (Å²) in [7, 11) is 0. The fraction of sp³-hybridized carbons (Fsp3) is 0.400. The van der Waals surface area contributed by atoms with Crippen LogP contribution in [0.1, 0.15) is 26.0 Å². The van der Waals surface area contributed by atoms with Crippen molar-refractivity contribution in [2.45, 2.75) is 26.3 Å². The molecule has 0 spiro atoms. The van der Waals surface area contributed by atoms with Crippen LogP contribution in [0.5, 0.6) is 0 Å². The second-order valence-corrected chi connectivity index (χ2v) is 5.10. The first-order valence-corrected chi connectivity index (χ1v) is 6.98. The Hall–Kier alpha value is -2.61. The van der Waals surface area contributed by atoms with Crippen molar-refractivity contribution >= 4 is 23.9 Å². The summed E-state index contributed by atoms with van der Waals surface area (Å²) in [5.41, 5.74) is 10.3. The molecule has 0 aliphatic rings. The van der Waals surface area contributed by atoms with Gasteiger partial charge in [-0.05, 0) is 30.5 Å². The fourth-order valence-electron chi connectivity index (χ4n) is 1.39. The van der Waals surface area contributed by atoms with Crippen molar-refractivity contribution in [2.24, 2.45) is 17.4 Å². The molecule has 8 nitrogen and oxygen atoms in total. The van der Waals surface area contributed by atoms with Gasteiger partial charge in [0.2, 0.25) is 11.8 Å². The van der Waals surface area contributed by atoms with Gasteiger partial charge < -0.3 is 26.3 Å². The normalized spacial score (nSPS) is 11.7. The number of nitrogens with two attached hydrogens (primary N) is 2. The number of hydrogen-bond acceptors (Lipinski definition) is 5. The first-order chi connectivity index (χ1) is 10.7. The Morgan fingerprint density at radius 2 is 2.04 bits per heavy atom. The van der Waals surface area contributed by atoms with Crippen LogP contribution in [0.25, 0.3) is 6.08 Å². The first-order valence-electron chi connectivity index (χ1n) is 6.98. The number of furan rings is 1. The number of hydrogen-bond donors (Lipinski definition) is 4. The summed E-state index contributed by atoms with van der Waals surface area (Å²) in [6.07, 6.45) is 4.82. The van der Waals surface area contributed by atoms with Gasteiger partial charge in [-0.15, -0.1) is 0 Å². The Morgan fingerprint density at radius 3 is 2.43 bits per heavy atom. The average Bonchev–Trinajstić information content (AvgIpc) is 2.96. The van der Waals surface area contributed by atoms with Crippen LogP contribution in [0.15, 0.2) is 28.9 Å². The van der Waals surface area contributed by atoms with E-state index in [9.17, 15) is 14.4 Å². The van der Waals surface area contributed by atoms with E-state index in [1.54, 1.807) is 12.1 Å². The summed E-state index contributed by atoms with van der Waals surface area (Å²) < 4.78 is 4.93. The molecule has 0 saturated carbocycles. The van der Waals surface area contributed by atoms with E-state index >= 15 is 0 Å². The monoisotopic (exact) mass is 325 g/mol. The first kappa shape index (κ1) is 20.4. The molecular weight excluding hydrogens is 302 g/mol. The molecule has 6 N–H and O–H groups in total. The smallest absolute Gasteiger partial charge is 0.322 e. The maximum Gasteiger partial charge on any atom is 0.322 e. The van der Waals surface area contributed by atoms with Crippen LogP contribution in [0.4, 0.5) is 0 Å². The van der Waals surface area contributed by atoms with Crippen LogP contribution in [0, 0.1) is 5.92 Å². The molecule has 1 unspecified atom stereocenters. The minimum atomic E-state index is -1.08. The van der Waals surface area contributed by atoms with E-state index in [0.29, 0.717) is 18.1 Å². The minimum absolute atomic E-state index is 0.388. The van der Waals surface area contributed by atoms with Gasteiger partial charge in [0.1, 0.15) is 12.3 Å². The highest BCUT2D eigenvalue weighted by Crippen LogP contribution is 2.01. The van der Waals surface area contributed by atoms with E-state index in [1.807, 2.05) is 13.8 Å². The molecule has 2 amide bonds. The standard InChI is InChI=1S/C9H9NO4.C6H14N2O/c11-8(10-6-9(12)13)4-3-7-2-1-5-14-7;1-4(2)3-5(7)6(8)9/h1-5H,6H2,(H,10,11)(H,12,13);4-5H,3,7H2,1-2H3,(H2,8,9). The topological polar surface area (TPSA) is 149 Å². The molecular formula is C15H23N3O5. The van der Waals surface area contributed by atoms with Gasteiger partial charge in [-0.1, -0.05) is 13.8 Å². The number of primary amides is 1. The van der Waals surface area contributed by atoms with E-state index < -0.39 is 23.8 Å². The van der Waals surface area contributed by atoms with Gasteiger partial charge in [0.15, 0.2) is 0 Å². The molecule has 1 aromatic heterocycles. The summed E-state index contributed by atoms with van der Waals surface area (Å²) in [5.74, 6) is -0.986. The summed E-state index contributed by atoms with van der Waals surface area (Å²) in [6.45, 7) is 3.62. The quantitative estimate of drug-likeness (QED) is 0.531. The van der Waals surface area contributed by atoms with Gasteiger partial charge in [0, 0.05) is 6.08 Å². The lowest BCUT2D eigenvalue weighted by atomic mass is 10.0. The number of nitrogens with one attached hydrogen (secondary N) is 1. The molecule has 128 valence electrons. The molecule has 0 bridgehead atoms. The third-order valence-corrected chi connectivity index (χ3v) is 2.45. The second kappa shape index (κ2) is 11.0. The zero-order chi connectivity index (χ0) is 17.8. The van der Waals surface area contributed by atoms with Gasteiger partial charge in [-0.2, -0.15) is 0 Å². The Labute approximate surface area is 134 Å². The summed E-state index contributed by atoms with van der Waals surface area (Å²) in [4.78, 5) is 31.4. The van der Waals surface area contributed by atoms with Crippen molar-refractivity contribution in [1.29, 1.82) is 0 Å². The largest absolute Gasteiger partial charge is 0.480 e. The fourth-order valence-corrected chi connectivity index (χ4v) is 1.39. The van der Waals surface area contributed by atoms with Crippen LogP contribution in [0.3, 0.4) is 0 Å². The Kier molecular flexibility index (Phi) is 9.77. The van der Waals surface area contributed by atoms with Crippen molar-refractivity contribution in [1.82, 2.24) is 5.32 Å². The lowest BCUT2D eigenvalue weighted by Crippen LogP contribution is -2.37. The van der Waals surface area contributed by atoms with Crippen molar-refractivity contribution in [3.05, 3.63) is 30.2 Å². The van der Waals surface area contributed by atoms with E-state index in [0.717, 1.165) is 0 Å².